The number of rotatable bonds is 4. The van der Waals surface area contributed by atoms with Gasteiger partial charge >= 0.3 is 12.1 Å². The molecule has 0 radical (unpaired) electrons. The molecular formula is C16H22F3N3O3. The van der Waals surface area contributed by atoms with Crippen LogP contribution in [-0.2, 0) is 16.1 Å². The number of alkyl halides is 3. The second-order valence-electron chi connectivity index (χ2n) is 6.54. The maximum atomic E-state index is 12.7. The van der Waals surface area contributed by atoms with Crippen molar-refractivity contribution in [3.8, 4) is 0 Å². The van der Waals surface area contributed by atoms with Gasteiger partial charge in [0.2, 0.25) is 5.91 Å². The molecule has 1 aliphatic heterocycles. The van der Waals surface area contributed by atoms with Gasteiger partial charge < -0.3 is 10.0 Å². The van der Waals surface area contributed by atoms with Crippen LogP contribution < -0.4 is 0 Å². The Hall–Kier alpha value is -2.06. The highest BCUT2D eigenvalue weighted by molar-refractivity contribution is 5.84. The summed E-state index contributed by atoms with van der Waals surface area (Å²) in [5.74, 6) is -2.48. The topological polar surface area (TPSA) is 75.4 Å². The number of aliphatic carboxylic acids is 1. The van der Waals surface area contributed by atoms with Crippen LogP contribution in [0.2, 0.25) is 0 Å². The van der Waals surface area contributed by atoms with E-state index in [0.717, 1.165) is 4.68 Å². The summed E-state index contributed by atoms with van der Waals surface area (Å²) in [4.78, 5) is 25.4. The molecule has 1 unspecified atom stereocenters. The van der Waals surface area contributed by atoms with E-state index in [-0.39, 0.29) is 12.5 Å². The Kier molecular flexibility index (Phi) is 5.43. The molecule has 1 fully saturated rings. The Morgan fingerprint density at radius 3 is 2.56 bits per heavy atom. The first-order valence-electron chi connectivity index (χ1n) is 8.13. The minimum absolute atomic E-state index is 0.132. The molecule has 0 spiro atoms. The number of hydrogen-bond acceptors (Lipinski definition) is 3. The lowest BCUT2D eigenvalue weighted by Crippen LogP contribution is -2.44. The van der Waals surface area contributed by atoms with Crippen molar-refractivity contribution in [3.05, 3.63) is 17.0 Å². The van der Waals surface area contributed by atoms with Gasteiger partial charge in [0.1, 0.15) is 6.54 Å². The summed E-state index contributed by atoms with van der Waals surface area (Å²) in [7, 11) is 0. The summed E-state index contributed by atoms with van der Waals surface area (Å²) in [5, 5.41) is 13.1. The first-order chi connectivity index (χ1) is 11.5. The molecule has 1 saturated heterocycles. The molecule has 1 aromatic heterocycles. The fraction of sp³-hybridized carbons (Fsp3) is 0.688. The van der Waals surface area contributed by atoms with Crippen molar-refractivity contribution in [1.29, 1.82) is 0 Å². The number of likely N-dealkylation sites (tertiary alicyclic amines) is 1. The van der Waals surface area contributed by atoms with Crippen molar-refractivity contribution in [1.82, 2.24) is 14.7 Å². The number of carboxylic acid groups (broad SMARTS) is 1. The zero-order chi connectivity index (χ0) is 18.9. The average Bonchev–Trinajstić information content (AvgIpc) is 2.78. The van der Waals surface area contributed by atoms with Crippen LogP contribution in [0.25, 0.3) is 0 Å². The molecule has 9 heteroatoms. The predicted molar refractivity (Wildman–Crippen MR) is 83.1 cm³/mol. The predicted octanol–water partition coefficient (Wildman–Crippen LogP) is 2.49. The molecule has 25 heavy (non-hydrogen) atoms. The Bertz CT molecular complexity index is 670. The first-order valence-corrected chi connectivity index (χ1v) is 8.13. The summed E-state index contributed by atoms with van der Waals surface area (Å²) < 4.78 is 38.8. The smallest absolute Gasteiger partial charge is 0.408 e. The summed E-state index contributed by atoms with van der Waals surface area (Å²) >= 11 is 0. The van der Waals surface area contributed by atoms with Gasteiger partial charge in [-0.2, -0.15) is 18.3 Å². The quantitative estimate of drug-likeness (QED) is 0.894. The number of carbonyl (C=O) groups excluding carboxylic acids is 1. The van der Waals surface area contributed by atoms with E-state index in [2.05, 4.69) is 5.10 Å². The van der Waals surface area contributed by atoms with Gasteiger partial charge in [0.15, 0.2) is 0 Å². The van der Waals surface area contributed by atoms with Gasteiger partial charge in [0, 0.05) is 24.3 Å². The molecule has 0 aliphatic carbocycles. The molecule has 1 amide bonds. The number of amides is 1. The molecule has 1 aromatic rings. The summed E-state index contributed by atoms with van der Waals surface area (Å²) in [6.07, 6.45) is -3.27. The molecule has 0 bridgehead atoms. The Labute approximate surface area is 143 Å². The molecule has 1 N–H and O–H groups in total. The number of aryl methyl sites for hydroxylation is 1. The molecule has 2 rings (SSSR count). The first kappa shape index (κ1) is 19.3. The van der Waals surface area contributed by atoms with E-state index in [1.54, 1.807) is 13.8 Å². The monoisotopic (exact) mass is 361 g/mol. The molecule has 2 heterocycles. The molecule has 6 nitrogen and oxygen atoms in total. The second kappa shape index (κ2) is 7.05. The second-order valence-corrected chi connectivity index (χ2v) is 6.54. The van der Waals surface area contributed by atoms with Gasteiger partial charge in [0.05, 0.1) is 17.5 Å². The number of hydrogen-bond donors (Lipinski definition) is 1. The molecule has 0 saturated carbocycles. The van der Waals surface area contributed by atoms with Crippen LogP contribution in [0.3, 0.4) is 0 Å². The number of carboxylic acids is 1. The van der Waals surface area contributed by atoms with Crippen LogP contribution in [0.5, 0.6) is 0 Å². The third-order valence-corrected chi connectivity index (χ3v) is 4.65. The zero-order valence-corrected chi connectivity index (χ0v) is 14.4. The molecule has 140 valence electrons. The van der Waals surface area contributed by atoms with E-state index in [1.165, 1.54) is 11.8 Å². The third-order valence-electron chi connectivity index (χ3n) is 4.65. The van der Waals surface area contributed by atoms with Crippen LogP contribution in [0.1, 0.15) is 42.6 Å². The summed E-state index contributed by atoms with van der Waals surface area (Å²) in [6, 6.07) is 0. The van der Waals surface area contributed by atoms with Crippen LogP contribution in [0.15, 0.2) is 0 Å². The van der Waals surface area contributed by atoms with Crippen LogP contribution in [-0.4, -0.2) is 50.9 Å². The van der Waals surface area contributed by atoms with E-state index < -0.39 is 30.5 Å². The highest BCUT2D eigenvalue weighted by Gasteiger charge is 2.34. The lowest BCUT2D eigenvalue weighted by molar-refractivity contribution is -0.146. The fourth-order valence-electron chi connectivity index (χ4n) is 3.44. The largest absolute Gasteiger partial charge is 0.481 e. The van der Waals surface area contributed by atoms with Gasteiger partial charge in [-0.05, 0) is 33.6 Å². The van der Waals surface area contributed by atoms with Gasteiger partial charge in [0.25, 0.3) is 0 Å². The maximum Gasteiger partial charge on any atom is 0.408 e. The van der Waals surface area contributed by atoms with Crippen molar-refractivity contribution in [3.63, 3.8) is 0 Å². The van der Waals surface area contributed by atoms with Gasteiger partial charge in [-0.15, -0.1) is 0 Å². The summed E-state index contributed by atoms with van der Waals surface area (Å²) in [5.41, 5.74) is 1.17. The van der Waals surface area contributed by atoms with Gasteiger partial charge in [-0.3, -0.25) is 14.3 Å². The highest BCUT2D eigenvalue weighted by atomic mass is 19.4. The third kappa shape index (κ3) is 4.32. The number of piperidine rings is 1. The van der Waals surface area contributed by atoms with Crippen molar-refractivity contribution >= 4 is 11.9 Å². The van der Waals surface area contributed by atoms with Crippen molar-refractivity contribution in [2.75, 3.05) is 13.1 Å². The lowest BCUT2D eigenvalue weighted by atomic mass is 9.93. The Morgan fingerprint density at radius 1 is 1.36 bits per heavy atom. The minimum Gasteiger partial charge on any atom is -0.481 e. The van der Waals surface area contributed by atoms with Crippen LogP contribution >= 0.6 is 0 Å². The molecule has 1 aliphatic rings. The van der Waals surface area contributed by atoms with E-state index in [9.17, 15) is 22.8 Å². The lowest BCUT2D eigenvalue weighted by Gasteiger charge is -2.32. The molecular weight excluding hydrogens is 339 g/mol. The molecule has 0 aromatic carbocycles. The highest BCUT2D eigenvalue weighted by Crippen LogP contribution is 2.29. The van der Waals surface area contributed by atoms with Gasteiger partial charge in [-0.1, -0.05) is 0 Å². The standard InChI is InChI=1S/C16H22F3N3O3/c1-9(14(23)21-6-4-5-12(7-21)15(24)25)13-10(2)20-22(11(13)3)8-16(17,18)19/h9,12H,4-8H2,1-3H3,(H,24,25)/t9?,12-/m0/s1. The minimum atomic E-state index is -4.39. The number of halogens is 3. The van der Waals surface area contributed by atoms with E-state index in [4.69, 9.17) is 5.11 Å². The van der Waals surface area contributed by atoms with Crippen LogP contribution in [0.4, 0.5) is 13.2 Å². The van der Waals surface area contributed by atoms with E-state index >= 15 is 0 Å². The number of carbonyl (C=O) groups is 2. The number of aromatic nitrogens is 2. The van der Waals surface area contributed by atoms with Gasteiger partial charge in [-0.25, -0.2) is 0 Å². The molecule has 2 atom stereocenters. The maximum absolute atomic E-state index is 12.7. The Balaban J connectivity index is 2.21. The van der Waals surface area contributed by atoms with Crippen molar-refractivity contribution < 1.29 is 27.9 Å². The SMILES string of the molecule is Cc1nn(CC(F)(F)F)c(C)c1C(C)C(=O)N1CCC[C@H](C(=O)O)C1. The zero-order valence-electron chi connectivity index (χ0n) is 14.4. The van der Waals surface area contributed by atoms with Crippen LogP contribution in [0, 0.1) is 19.8 Å². The van der Waals surface area contributed by atoms with Crippen molar-refractivity contribution in [2.24, 2.45) is 5.92 Å². The fourth-order valence-corrected chi connectivity index (χ4v) is 3.44. The van der Waals surface area contributed by atoms with E-state index in [1.807, 2.05) is 0 Å². The van der Waals surface area contributed by atoms with Crippen molar-refractivity contribution in [2.45, 2.75) is 52.3 Å². The Morgan fingerprint density at radius 2 is 2.00 bits per heavy atom. The summed E-state index contributed by atoms with van der Waals surface area (Å²) in [6.45, 7) is 4.11. The normalized spacial score (nSPS) is 19.8. The number of nitrogens with zero attached hydrogens (tertiary/aromatic N) is 3. The average molecular weight is 361 g/mol. The van der Waals surface area contributed by atoms with E-state index in [0.29, 0.717) is 36.3 Å².